The Morgan fingerprint density at radius 1 is 1.26 bits per heavy atom. The Labute approximate surface area is 161 Å². The van der Waals surface area contributed by atoms with Crippen molar-refractivity contribution in [1.82, 2.24) is 10.3 Å². The monoisotopic (exact) mass is 389 g/mol. The summed E-state index contributed by atoms with van der Waals surface area (Å²) in [7, 11) is -2.22. The second-order valence-corrected chi connectivity index (χ2v) is 8.98. The number of aromatic nitrogens is 1. The van der Waals surface area contributed by atoms with Crippen LogP contribution in [-0.4, -0.2) is 26.6 Å². The van der Waals surface area contributed by atoms with Gasteiger partial charge in [-0.15, -0.1) is 0 Å². The van der Waals surface area contributed by atoms with Crippen LogP contribution >= 0.6 is 0 Å². The van der Waals surface area contributed by atoms with Crippen molar-refractivity contribution < 1.29 is 13.2 Å². The molecule has 0 saturated carbocycles. The van der Waals surface area contributed by atoms with E-state index >= 15 is 0 Å². The van der Waals surface area contributed by atoms with Crippen LogP contribution in [0, 0.1) is 0 Å². The highest BCUT2D eigenvalue weighted by molar-refractivity contribution is 7.92. The van der Waals surface area contributed by atoms with E-state index in [0.29, 0.717) is 24.2 Å². The lowest BCUT2D eigenvalue weighted by Crippen LogP contribution is -2.23. The van der Waals surface area contributed by atoms with Crippen molar-refractivity contribution in [3.8, 4) is 5.88 Å². The standard InChI is InChI=1S/C20H27N3O3S/c1-13(2)15-7-9-17(10-8-15)27(24,25)23-18-11-16-6-5-14(3)21-12-19(16)22-20(18)26-4/h7-11,13-14,21,23H,5-6,12H2,1-4H3. The second-order valence-electron chi connectivity index (χ2n) is 7.30. The lowest BCUT2D eigenvalue weighted by molar-refractivity contribution is 0.397. The molecule has 0 bridgehead atoms. The smallest absolute Gasteiger partial charge is 0.262 e. The average molecular weight is 390 g/mol. The fourth-order valence-electron chi connectivity index (χ4n) is 3.15. The Bertz CT molecular complexity index is 909. The first-order valence-corrected chi connectivity index (χ1v) is 10.7. The summed E-state index contributed by atoms with van der Waals surface area (Å²) < 4.78 is 33.7. The van der Waals surface area contributed by atoms with Gasteiger partial charge in [-0.2, -0.15) is 0 Å². The van der Waals surface area contributed by atoms with Gasteiger partial charge >= 0.3 is 0 Å². The molecule has 6 nitrogen and oxygen atoms in total. The molecule has 1 aromatic heterocycles. The number of nitrogens with one attached hydrogen (secondary N) is 2. The van der Waals surface area contributed by atoms with Crippen LogP contribution in [0.3, 0.4) is 0 Å². The number of fused-ring (bicyclic) bond motifs is 1. The predicted molar refractivity (Wildman–Crippen MR) is 107 cm³/mol. The van der Waals surface area contributed by atoms with Gasteiger partial charge < -0.3 is 10.1 Å². The number of pyridine rings is 1. The first-order chi connectivity index (χ1) is 12.8. The number of hydrogen-bond donors (Lipinski definition) is 2. The molecule has 0 saturated heterocycles. The molecule has 1 aromatic carbocycles. The number of benzene rings is 1. The minimum absolute atomic E-state index is 0.221. The molecular formula is C20H27N3O3S. The number of aryl methyl sites for hydroxylation is 1. The van der Waals surface area contributed by atoms with Gasteiger partial charge in [-0.05, 0) is 55.0 Å². The van der Waals surface area contributed by atoms with Crippen LogP contribution in [0.2, 0.25) is 0 Å². The molecule has 0 spiro atoms. The van der Waals surface area contributed by atoms with Gasteiger partial charge in [-0.1, -0.05) is 26.0 Å². The van der Waals surface area contributed by atoms with Crippen molar-refractivity contribution in [3.63, 3.8) is 0 Å². The molecule has 0 fully saturated rings. The predicted octanol–water partition coefficient (Wildman–Crippen LogP) is 3.44. The molecule has 0 radical (unpaired) electrons. The zero-order chi connectivity index (χ0) is 19.6. The van der Waals surface area contributed by atoms with Crippen LogP contribution in [0.15, 0.2) is 35.2 Å². The number of sulfonamides is 1. The summed E-state index contributed by atoms with van der Waals surface area (Å²) in [6.07, 6.45) is 1.82. The van der Waals surface area contributed by atoms with E-state index in [1.807, 2.05) is 18.2 Å². The number of methoxy groups -OCH3 is 1. The highest BCUT2D eigenvalue weighted by atomic mass is 32.2. The van der Waals surface area contributed by atoms with Crippen molar-refractivity contribution in [1.29, 1.82) is 0 Å². The van der Waals surface area contributed by atoms with Crippen LogP contribution in [0.1, 0.15) is 49.9 Å². The number of anilines is 1. The maximum atomic E-state index is 12.8. The Balaban J connectivity index is 1.91. The summed E-state index contributed by atoms with van der Waals surface area (Å²) in [4.78, 5) is 4.75. The van der Waals surface area contributed by atoms with Gasteiger partial charge in [-0.25, -0.2) is 13.4 Å². The largest absolute Gasteiger partial charge is 0.479 e. The van der Waals surface area contributed by atoms with E-state index in [2.05, 4.69) is 35.8 Å². The van der Waals surface area contributed by atoms with Crippen LogP contribution in [0.5, 0.6) is 5.88 Å². The Kier molecular flexibility index (Phi) is 5.72. The number of nitrogens with zero attached hydrogens (tertiary/aromatic N) is 1. The second kappa shape index (κ2) is 7.86. The third kappa shape index (κ3) is 4.42. The third-order valence-electron chi connectivity index (χ3n) is 4.92. The van der Waals surface area contributed by atoms with E-state index in [0.717, 1.165) is 29.7 Å². The van der Waals surface area contributed by atoms with Crippen LogP contribution in [0.25, 0.3) is 0 Å². The lowest BCUT2D eigenvalue weighted by Gasteiger charge is -2.15. The maximum Gasteiger partial charge on any atom is 0.262 e. The molecule has 1 atom stereocenters. The van der Waals surface area contributed by atoms with Crippen molar-refractivity contribution in [2.45, 2.75) is 57.0 Å². The number of rotatable bonds is 5. The third-order valence-corrected chi connectivity index (χ3v) is 6.30. The topological polar surface area (TPSA) is 80.3 Å². The summed E-state index contributed by atoms with van der Waals surface area (Å²) in [5, 5.41) is 3.40. The Morgan fingerprint density at radius 2 is 1.96 bits per heavy atom. The minimum Gasteiger partial charge on any atom is -0.479 e. The first kappa shape index (κ1) is 19.6. The zero-order valence-electron chi connectivity index (χ0n) is 16.2. The van der Waals surface area contributed by atoms with Crippen LogP contribution < -0.4 is 14.8 Å². The van der Waals surface area contributed by atoms with E-state index in [-0.39, 0.29) is 10.8 Å². The molecule has 0 amide bonds. The summed E-state index contributed by atoms with van der Waals surface area (Å²) in [5.41, 5.74) is 3.42. The fraction of sp³-hybridized carbons (Fsp3) is 0.450. The summed E-state index contributed by atoms with van der Waals surface area (Å²) in [5.74, 6) is 0.632. The molecule has 3 rings (SSSR count). The van der Waals surface area contributed by atoms with Gasteiger partial charge in [0.25, 0.3) is 10.0 Å². The molecular weight excluding hydrogens is 362 g/mol. The molecule has 2 N–H and O–H groups in total. The quantitative estimate of drug-likeness (QED) is 0.819. The Hall–Kier alpha value is -2.12. The SMILES string of the molecule is COc1nc2c(cc1NS(=O)(=O)c1ccc(C(C)C)cc1)CCC(C)NC2. The maximum absolute atomic E-state index is 12.8. The van der Waals surface area contributed by atoms with Gasteiger partial charge in [0.1, 0.15) is 5.69 Å². The summed E-state index contributed by atoms with van der Waals surface area (Å²) >= 11 is 0. The number of ether oxygens (including phenoxy) is 1. The normalized spacial score (nSPS) is 17.3. The first-order valence-electron chi connectivity index (χ1n) is 9.23. The summed E-state index contributed by atoms with van der Waals surface area (Å²) in [6, 6.07) is 9.20. The molecule has 2 heterocycles. The van der Waals surface area contributed by atoms with Gasteiger partial charge in [-0.3, -0.25) is 4.72 Å². The van der Waals surface area contributed by atoms with E-state index in [1.54, 1.807) is 12.1 Å². The van der Waals surface area contributed by atoms with Crippen molar-refractivity contribution in [2.75, 3.05) is 11.8 Å². The molecule has 2 aromatic rings. The molecule has 1 aliphatic rings. The van der Waals surface area contributed by atoms with E-state index < -0.39 is 10.0 Å². The van der Waals surface area contributed by atoms with Gasteiger partial charge in [0.2, 0.25) is 5.88 Å². The fourth-order valence-corrected chi connectivity index (χ4v) is 4.20. The van der Waals surface area contributed by atoms with E-state index in [4.69, 9.17) is 4.74 Å². The van der Waals surface area contributed by atoms with Crippen molar-refractivity contribution >= 4 is 15.7 Å². The van der Waals surface area contributed by atoms with Crippen molar-refractivity contribution in [3.05, 3.63) is 47.2 Å². The minimum atomic E-state index is -3.72. The average Bonchev–Trinajstić information content (AvgIpc) is 2.82. The molecule has 0 aliphatic carbocycles. The molecule has 146 valence electrons. The molecule has 27 heavy (non-hydrogen) atoms. The molecule has 7 heteroatoms. The highest BCUT2D eigenvalue weighted by Crippen LogP contribution is 2.30. The van der Waals surface area contributed by atoms with Crippen LogP contribution in [0.4, 0.5) is 5.69 Å². The molecule has 1 aliphatic heterocycles. The highest BCUT2D eigenvalue weighted by Gasteiger charge is 2.21. The van der Waals surface area contributed by atoms with E-state index in [1.165, 1.54) is 7.11 Å². The summed E-state index contributed by atoms with van der Waals surface area (Å²) in [6.45, 7) is 6.93. The Morgan fingerprint density at radius 3 is 2.59 bits per heavy atom. The van der Waals surface area contributed by atoms with Gasteiger partial charge in [0.05, 0.1) is 17.7 Å². The van der Waals surface area contributed by atoms with Gasteiger partial charge in [0.15, 0.2) is 0 Å². The molecule has 1 unspecified atom stereocenters. The van der Waals surface area contributed by atoms with Crippen LogP contribution in [-0.2, 0) is 23.0 Å². The number of hydrogen-bond acceptors (Lipinski definition) is 5. The zero-order valence-corrected chi connectivity index (χ0v) is 17.1. The van der Waals surface area contributed by atoms with Crippen molar-refractivity contribution in [2.24, 2.45) is 0 Å². The lowest BCUT2D eigenvalue weighted by atomic mass is 10.0. The van der Waals surface area contributed by atoms with E-state index in [9.17, 15) is 8.42 Å². The van der Waals surface area contributed by atoms with Gasteiger partial charge in [0, 0.05) is 12.6 Å².